The number of fused-ring (bicyclic) bond motifs is 2. The van der Waals surface area contributed by atoms with Crippen molar-refractivity contribution in [1.82, 2.24) is 19.6 Å². The van der Waals surface area contributed by atoms with E-state index >= 15 is 0 Å². The molecule has 4 aromatic heterocycles. The first-order valence-electron chi connectivity index (χ1n) is 9.10. The summed E-state index contributed by atoms with van der Waals surface area (Å²) in [5.41, 5.74) is 7.47. The van der Waals surface area contributed by atoms with Gasteiger partial charge in [0.25, 0.3) is 0 Å². The molecule has 4 aromatic rings. The number of amides is 1. The Bertz CT molecular complexity index is 1180. The molecule has 0 aliphatic heterocycles. The number of aromatic nitrogens is 4. The van der Waals surface area contributed by atoms with E-state index in [-0.39, 0.29) is 12.6 Å². The molecule has 4 heterocycles. The molecule has 1 atom stereocenters. The van der Waals surface area contributed by atoms with Crippen LogP contribution in [0.5, 0.6) is 5.88 Å². The summed E-state index contributed by atoms with van der Waals surface area (Å²) in [6, 6.07) is 6.81. The molecule has 0 spiro atoms. The maximum atomic E-state index is 11.5. The van der Waals surface area contributed by atoms with Gasteiger partial charge in [0, 0.05) is 24.8 Å². The van der Waals surface area contributed by atoms with E-state index in [1.807, 2.05) is 6.92 Å². The van der Waals surface area contributed by atoms with Crippen LogP contribution in [0.1, 0.15) is 13.8 Å². The molecule has 0 saturated heterocycles. The fraction of sp³-hybridized carbons (Fsp3) is 0.263. The topological polar surface area (TPSA) is 132 Å². The summed E-state index contributed by atoms with van der Waals surface area (Å²) >= 11 is 0. The van der Waals surface area contributed by atoms with Gasteiger partial charge in [-0.15, -0.1) is 5.10 Å². The van der Waals surface area contributed by atoms with E-state index in [2.05, 4.69) is 15.1 Å². The normalized spacial score (nSPS) is 12.4. The van der Waals surface area contributed by atoms with Gasteiger partial charge in [0.05, 0.1) is 11.6 Å². The minimum Gasteiger partial charge on any atom is -0.475 e. The molecule has 0 fully saturated rings. The lowest BCUT2D eigenvalue weighted by atomic mass is 10.2. The second-order valence-electron chi connectivity index (χ2n) is 6.56. The van der Waals surface area contributed by atoms with Crippen LogP contribution in [0.15, 0.2) is 41.1 Å². The summed E-state index contributed by atoms with van der Waals surface area (Å²) in [6.45, 7) is 4.19. The van der Waals surface area contributed by atoms with E-state index in [0.29, 0.717) is 46.4 Å². The van der Waals surface area contributed by atoms with E-state index in [4.69, 9.17) is 14.9 Å². The SMILES string of the molecule is CCN(C(=O)O)c1nccc2oc(-c3cnc4ccc(OC[C@H](C)N)nn34)cc12. The zero-order valence-electron chi connectivity index (χ0n) is 15.9. The van der Waals surface area contributed by atoms with Crippen molar-refractivity contribution in [2.45, 2.75) is 19.9 Å². The average molecular weight is 396 g/mol. The highest BCUT2D eigenvalue weighted by Gasteiger charge is 2.20. The Hall–Kier alpha value is -3.66. The molecule has 3 N–H and O–H groups in total. The summed E-state index contributed by atoms with van der Waals surface area (Å²) in [5, 5.41) is 14.5. The lowest BCUT2D eigenvalue weighted by Gasteiger charge is -2.15. The molecule has 0 aliphatic carbocycles. The van der Waals surface area contributed by atoms with Crippen molar-refractivity contribution < 1.29 is 19.1 Å². The third-order valence-corrected chi connectivity index (χ3v) is 4.31. The molecule has 150 valence electrons. The van der Waals surface area contributed by atoms with Crippen LogP contribution in [-0.4, -0.2) is 50.0 Å². The number of rotatable bonds is 6. The summed E-state index contributed by atoms with van der Waals surface area (Å²) in [4.78, 5) is 21.3. The van der Waals surface area contributed by atoms with Crippen molar-refractivity contribution in [3.8, 4) is 17.3 Å². The Morgan fingerprint density at radius 2 is 2.21 bits per heavy atom. The first-order valence-corrected chi connectivity index (χ1v) is 9.10. The highest BCUT2D eigenvalue weighted by atomic mass is 16.5. The van der Waals surface area contributed by atoms with Crippen molar-refractivity contribution in [2.24, 2.45) is 5.73 Å². The van der Waals surface area contributed by atoms with Crippen molar-refractivity contribution in [3.05, 3.63) is 36.7 Å². The van der Waals surface area contributed by atoms with E-state index in [1.54, 1.807) is 41.9 Å². The number of nitrogens with zero attached hydrogens (tertiary/aromatic N) is 5. The van der Waals surface area contributed by atoms with Crippen LogP contribution in [0.2, 0.25) is 0 Å². The number of hydrogen-bond acceptors (Lipinski definition) is 7. The number of hydrogen-bond donors (Lipinski definition) is 2. The predicted molar refractivity (Wildman–Crippen MR) is 106 cm³/mol. The lowest BCUT2D eigenvalue weighted by Crippen LogP contribution is -2.29. The smallest absolute Gasteiger partial charge is 0.413 e. The van der Waals surface area contributed by atoms with Crippen LogP contribution < -0.4 is 15.4 Å². The van der Waals surface area contributed by atoms with Gasteiger partial charge in [-0.05, 0) is 32.0 Å². The lowest BCUT2D eigenvalue weighted by molar-refractivity contribution is 0.202. The minimum atomic E-state index is -1.08. The molecule has 29 heavy (non-hydrogen) atoms. The Labute approximate surface area is 165 Å². The summed E-state index contributed by atoms with van der Waals surface area (Å²) < 4.78 is 13.1. The van der Waals surface area contributed by atoms with Crippen LogP contribution in [0.25, 0.3) is 28.1 Å². The van der Waals surface area contributed by atoms with Gasteiger partial charge in [-0.2, -0.15) is 0 Å². The minimum absolute atomic E-state index is 0.119. The third-order valence-electron chi connectivity index (χ3n) is 4.31. The Balaban J connectivity index is 1.79. The van der Waals surface area contributed by atoms with Crippen molar-refractivity contribution in [1.29, 1.82) is 0 Å². The van der Waals surface area contributed by atoms with Gasteiger partial charge >= 0.3 is 6.09 Å². The summed E-state index contributed by atoms with van der Waals surface area (Å²) in [7, 11) is 0. The van der Waals surface area contributed by atoms with Crippen molar-refractivity contribution >= 4 is 28.5 Å². The van der Waals surface area contributed by atoms with Crippen LogP contribution >= 0.6 is 0 Å². The molecule has 0 aliphatic rings. The molecular weight excluding hydrogens is 376 g/mol. The number of nitrogens with two attached hydrogens (primary N) is 1. The molecule has 0 aromatic carbocycles. The number of anilines is 1. The van der Waals surface area contributed by atoms with Gasteiger partial charge in [0.2, 0.25) is 5.88 Å². The zero-order chi connectivity index (χ0) is 20.5. The highest BCUT2D eigenvalue weighted by molar-refractivity contribution is 5.98. The first-order chi connectivity index (χ1) is 14.0. The highest BCUT2D eigenvalue weighted by Crippen LogP contribution is 2.33. The van der Waals surface area contributed by atoms with Gasteiger partial charge in [-0.1, -0.05) is 0 Å². The zero-order valence-corrected chi connectivity index (χ0v) is 15.9. The van der Waals surface area contributed by atoms with E-state index in [0.717, 1.165) is 4.90 Å². The number of imidazole rings is 1. The standard InChI is InChI=1S/C19H20N6O4/c1-3-24(19(26)27)18-12-8-15(29-14(12)6-7-21-18)13-9-22-16-4-5-17(23-25(13)16)28-10-11(2)20/h4-9,11H,3,10,20H2,1-2H3,(H,26,27)/t11-/m0/s1. The van der Waals surface area contributed by atoms with Crippen molar-refractivity contribution in [3.63, 3.8) is 0 Å². The van der Waals surface area contributed by atoms with Crippen molar-refractivity contribution in [2.75, 3.05) is 18.1 Å². The number of pyridine rings is 1. The van der Waals surface area contributed by atoms with Crippen LogP contribution in [0, 0.1) is 0 Å². The predicted octanol–water partition coefficient (Wildman–Crippen LogP) is 2.77. The number of ether oxygens (including phenoxy) is 1. The van der Waals surface area contributed by atoms with Gasteiger partial charge < -0.3 is 20.0 Å². The van der Waals surface area contributed by atoms with E-state index in [1.165, 1.54) is 6.20 Å². The molecule has 0 radical (unpaired) electrons. The quantitative estimate of drug-likeness (QED) is 0.508. The Kier molecular flexibility index (Phi) is 4.77. The Morgan fingerprint density at radius 1 is 1.38 bits per heavy atom. The van der Waals surface area contributed by atoms with Gasteiger partial charge in [0.15, 0.2) is 11.4 Å². The molecule has 4 rings (SSSR count). The Morgan fingerprint density at radius 3 is 2.93 bits per heavy atom. The molecule has 0 unspecified atom stereocenters. The maximum Gasteiger partial charge on any atom is 0.413 e. The van der Waals surface area contributed by atoms with E-state index < -0.39 is 6.09 Å². The molecule has 0 saturated carbocycles. The summed E-state index contributed by atoms with van der Waals surface area (Å²) in [6.07, 6.45) is 2.07. The largest absolute Gasteiger partial charge is 0.475 e. The van der Waals surface area contributed by atoms with Gasteiger partial charge in [0.1, 0.15) is 23.7 Å². The molecule has 1 amide bonds. The number of carbonyl (C=O) groups is 1. The fourth-order valence-corrected chi connectivity index (χ4v) is 2.98. The number of furan rings is 1. The molecule has 0 bridgehead atoms. The van der Waals surface area contributed by atoms with Gasteiger partial charge in [-0.25, -0.2) is 19.3 Å². The van der Waals surface area contributed by atoms with Crippen LogP contribution in [-0.2, 0) is 0 Å². The number of carboxylic acid groups (broad SMARTS) is 1. The molecule has 10 heteroatoms. The third kappa shape index (κ3) is 3.45. The average Bonchev–Trinajstić information content (AvgIpc) is 3.30. The summed E-state index contributed by atoms with van der Waals surface area (Å²) in [5.74, 6) is 1.21. The monoisotopic (exact) mass is 396 g/mol. The van der Waals surface area contributed by atoms with Gasteiger partial charge in [-0.3, -0.25) is 4.90 Å². The van der Waals surface area contributed by atoms with Crippen LogP contribution in [0.3, 0.4) is 0 Å². The van der Waals surface area contributed by atoms with E-state index in [9.17, 15) is 9.90 Å². The second kappa shape index (κ2) is 7.40. The first kappa shape index (κ1) is 18.7. The second-order valence-corrected chi connectivity index (χ2v) is 6.56. The maximum absolute atomic E-state index is 11.5. The molecular formula is C19H20N6O4. The fourth-order valence-electron chi connectivity index (χ4n) is 2.98. The molecule has 10 nitrogen and oxygen atoms in total. The van der Waals surface area contributed by atoms with Crippen LogP contribution in [0.4, 0.5) is 10.6 Å².